The fraction of sp³-hybridized carbons (Fsp3) is 0.400. The molecule has 3 heterocycles. The molecule has 7 nitrogen and oxygen atoms in total. The van der Waals surface area contributed by atoms with Gasteiger partial charge in [0.05, 0.1) is 11.2 Å². The quantitative estimate of drug-likeness (QED) is 0.619. The van der Waals surface area contributed by atoms with E-state index in [0.29, 0.717) is 11.2 Å². The number of aromatic nitrogens is 2. The number of ether oxygens (including phenoxy) is 2. The summed E-state index contributed by atoms with van der Waals surface area (Å²) in [5.41, 5.74) is 2.20. The van der Waals surface area contributed by atoms with Crippen molar-refractivity contribution in [3.05, 3.63) is 58.5 Å². The van der Waals surface area contributed by atoms with Crippen molar-refractivity contribution in [2.45, 2.75) is 45.3 Å². The lowest BCUT2D eigenvalue weighted by atomic mass is 10.1. The molecular formula is C25H28N4O3. The van der Waals surface area contributed by atoms with Crippen molar-refractivity contribution >= 4 is 16.7 Å². The highest BCUT2D eigenvalue weighted by Gasteiger charge is 2.24. The van der Waals surface area contributed by atoms with Crippen molar-refractivity contribution < 1.29 is 9.47 Å². The first-order valence-corrected chi connectivity index (χ1v) is 10.8. The van der Waals surface area contributed by atoms with Gasteiger partial charge in [0.2, 0.25) is 0 Å². The van der Waals surface area contributed by atoms with E-state index >= 15 is 0 Å². The SMILES string of the molecule is Cn1c(=O)cc(N2CCC(Oc3ccc(OC(C)(C)C)cc3)CC2)c2nc(C#N)ccc21. The lowest BCUT2D eigenvalue weighted by Crippen LogP contribution is -2.39. The predicted octanol–water partition coefficient (Wildman–Crippen LogP) is 4.03. The Bertz CT molecular complexity index is 1210. The normalized spacial score (nSPS) is 14.9. The molecule has 0 radical (unpaired) electrons. The van der Waals surface area contributed by atoms with Crippen molar-refractivity contribution in [3.63, 3.8) is 0 Å². The maximum absolute atomic E-state index is 12.5. The minimum atomic E-state index is -0.235. The number of nitriles is 1. The first-order chi connectivity index (χ1) is 15.2. The maximum atomic E-state index is 12.5. The maximum Gasteiger partial charge on any atom is 0.252 e. The average Bonchev–Trinajstić information content (AvgIpc) is 2.77. The largest absolute Gasteiger partial charge is 0.490 e. The van der Waals surface area contributed by atoms with Crippen LogP contribution in [0, 0.1) is 11.3 Å². The van der Waals surface area contributed by atoms with Gasteiger partial charge in [0.15, 0.2) is 0 Å². The number of hydrogen-bond acceptors (Lipinski definition) is 6. The van der Waals surface area contributed by atoms with Crippen LogP contribution < -0.4 is 19.9 Å². The average molecular weight is 433 g/mol. The Labute approximate surface area is 187 Å². The molecule has 1 fully saturated rings. The van der Waals surface area contributed by atoms with Gasteiger partial charge in [-0.05, 0) is 57.2 Å². The van der Waals surface area contributed by atoms with E-state index in [1.807, 2.05) is 45.0 Å². The van der Waals surface area contributed by atoms with Crippen LogP contribution in [0.3, 0.4) is 0 Å². The molecule has 3 aromatic rings. The van der Waals surface area contributed by atoms with E-state index in [9.17, 15) is 10.1 Å². The fourth-order valence-electron chi connectivity index (χ4n) is 3.96. The van der Waals surface area contributed by atoms with E-state index in [-0.39, 0.29) is 17.3 Å². The van der Waals surface area contributed by atoms with Crippen LogP contribution in [-0.4, -0.2) is 34.3 Å². The van der Waals surface area contributed by atoms with E-state index in [2.05, 4.69) is 16.0 Å². The van der Waals surface area contributed by atoms with Crippen LogP contribution >= 0.6 is 0 Å². The highest BCUT2D eigenvalue weighted by atomic mass is 16.5. The molecule has 0 spiro atoms. The Morgan fingerprint density at radius 1 is 1.06 bits per heavy atom. The summed E-state index contributed by atoms with van der Waals surface area (Å²) >= 11 is 0. The molecule has 0 N–H and O–H groups in total. The summed E-state index contributed by atoms with van der Waals surface area (Å²) in [5.74, 6) is 1.64. The third-order valence-electron chi connectivity index (χ3n) is 5.52. The third-order valence-corrected chi connectivity index (χ3v) is 5.52. The summed E-state index contributed by atoms with van der Waals surface area (Å²) in [6, 6.07) is 14.9. The molecule has 0 aliphatic carbocycles. The first kappa shape index (κ1) is 21.7. The molecule has 1 aliphatic rings. The molecule has 4 rings (SSSR count). The molecule has 1 saturated heterocycles. The Morgan fingerprint density at radius 2 is 1.72 bits per heavy atom. The Kier molecular flexibility index (Phi) is 5.79. The zero-order valence-electron chi connectivity index (χ0n) is 19.0. The lowest BCUT2D eigenvalue weighted by Gasteiger charge is -2.34. The summed E-state index contributed by atoms with van der Waals surface area (Å²) in [6.45, 7) is 7.56. The van der Waals surface area contributed by atoms with Crippen molar-refractivity contribution in [2.75, 3.05) is 18.0 Å². The summed E-state index contributed by atoms with van der Waals surface area (Å²) in [7, 11) is 1.72. The first-order valence-electron chi connectivity index (χ1n) is 10.8. The minimum Gasteiger partial charge on any atom is -0.490 e. The highest BCUT2D eigenvalue weighted by molar-refractivity contribution is 5.88. The lowest BCUT2D eigenvalue weighted by molar-refractivity contribution is 0.130. The van der Waals surface area contributed by atoms with Gasteiger partial charge >= 0.3 is 0 Å². The van der Waals surface area contributed by atoms with Gasteiger partial charge in [-0.15, -0.1) is 0 Å². The van der Waals surface area contributed by atoms with Gasteiger partial charge in [-0.2, -0.15) is 5.26 Å². The van der Waals surface area contributed by atoms with Crippen molar-refractivity contribution in [1.29, 1.82) is 5.26 Å². The van der Waals surface area contributed by atoms with Crippen molar-refractivity contribution in [2.24, 2.45) is 7.05 Å². The number of nitrogens with zero attached hydrogens (tertiary/aromatic N) is 4. The molecule has 0 atom stereocenters. The van der Waals surface area contributed by atoms with Crippen molar-refractivity contribution in [1.82, 2.24) is 9.55 Å². The number of hydrogen-bond donors (Lipinski definition) is 0. The van der Waals surface area contributed by atoms with Crippen molar-refractivity contribution in [3.8, 4) is 17.6 Å². The van der Waals surface area contributed by atoms with Gasteiger partial charge in [0.1, 0.15) is 40.5 Å². The van der Waals surface area contributed by atoms with Crippen LogP contribution in [-0.2, 0) is 7.05 Å². The van der Waals surface area contributed by atoms with Gasteiger partial charge in [-0.3, -0.25) is 4.79 Å². The second-order valence-corrected chi connectivity index (χ2v) is 9.09. The molecule has 32 heavy (non-hydrogen) atoms. The molecule has 2 aromatic heterocycles. The Hall–Kier alpha value is -3.53. The van der Waals surface area contributed by atoms with Crippen LogP contribution in [0.1, 0.15) is 39.3 Å². The summed E-state index contributed by atoms with van der Waals surface area (Å²) in [4.78, 5) is 19.1. The molecule has 1 aromatic carbocycles. The molecule has 0 unspecified atom stereocenters. The standard InChI is InChI=1S/C25H28N4O3/c1-25(2,3)32-20-8-6-18(7-9-20)31-19-11-13-29(14-12-19)22-15-23(30)28(4)21-10-5-17(16-26)27-24(21)22/h5-10,15,19H,11-14H2,1-4H3. The Morgan fingerprint density at radius 3 is 2.34 bits per heavy atom. The second kappa shape index (κ2) is 8.54. The second-order valence-electron chi connectivity index (χ2n) is 9.09. The van der Waals surface area contributed by atoms with E-state index in [4.69, 9.17) is 9.47 Å². The van der Waals surface area contributed by atoms with Gasteiger partial charge in [0, 0.05) is 39.0 Å². The number of pyridine rings is 2. The number of rotatable bonds is 4. The Balaban J connectivity index is 1.46. The summed E-state index contributed by atoms with van der Waals surface area (Å²) < 4.78 is 13.6. The van der Waals surface area contributed by atoms with Crippen LogP contribution in [0.2, 0.25) is 0 Å². The molecular weight excluding hydrogens is 404 g/mol. The summed E-state index contributed by atoms with van der Waals surface area (Å²) in [6.07, 6.45) is 1.75. The molecule has 0 saturated carbocycles. The van der Waals surface area contributed by atoms with Crippen LogP contribution in [0.5, 0.6) is 11.5 Å². The number of fused-ring (bicyclic) bond motifs is 1. The van der Waals surface area contributed by atoms with Gasteiger partial charge in [0.25, 0.3) is 5.56 Å². The summed E-state index contributed by atoms with van der Waals surface area (Å²) in [5, 5.41) is 9.25. The molecule has 166 valence electrons. The van der Waals surface area contributed by atoms with Gasteiger partial charge in [-0.25, -0.2) is 4.98 Å². The number of piperidine rings is 1. The monoisotopic (exact) mass is 432 g/mol. The highest BCUT2D eigenvalue weighted by Crippen LogP contribution is 2.28. The van der Waals surface area contributed by atoms with Crippen LogP contribution in [0.4, 0.5) is 5.69 Å². The molecule has 0 bridgehead atoms. The van der Waals surface area contributed by atoms with Gasteiger partial charge in [-0.1, -0.05) is 0 Å². The molecule has 7 heteroatoms. The van der Waals surface area contributed by atoms with E-state index in [0.717, 1.165) is 48.6 Å². The third kappa shape index (κ3) is 4.70. The van der Waals surface area contributed by atoms with E-state index < -0.39 is 0 Å². The zero-order valence-corrected chi connectivity index (χ0v) is 19.0. The molecule has 0 amide bonds. The number of benzene rings is 1. The van der Waals surface area contributed by atoms with Crippen LogP contribution in [0.25, 0.3) is 11.0 Å². The molecule has 1 aliphatic heterocycles. The van der Waals surface area contributed by atoms with E-state index in [1.54, 1.807) is 29.8 Å². The van der Waals surface area contributed by atoms with Gasteiger partial charge < -0.3 is 18.9 Å². The topological polar surface area (TPSA) is 80.4 Å². The zero-order chi connectivity index (χ0) is 22.9. The number of anilines is 1. The smallest absolute Gasteiger partial charge is 0.252 e. The fourth-order valence-corrected chi connectivity index (χ4v) is 3.96. The number of aryl methyl sites for hydroxylation is 1. The van der Waals surface area contributed by atoms with E-state index in [1.165, 1.54) is 0 Å². The van der Waals surface area contributed by atoms with Crippen LogP contribution in [0.15, 0.2) is 47.3 Å². The minimum absolute atomic E-state index is 0.0880. The predicted molar refractivity (Wildman–Crippen MR) is 124 cm³/mol.